The van der Waals surface area contributed by atoms with E-state index in [1.165, 1.54) is 6.26 Å². The molecule has 2 heterocycles. The normalized spacial score (nSPS) is 15.0. The Morgan fingerprint density at radius 2 is 1.71 bits per heavy atom. The number of aromatic nitrogens is 1. The Morgan fingerprint density at radius 3 is 2.38 bits per heavy atom. The van der Waals surface area contributed by atoms with Gasteiger partial charge in [-0.05, 0) is 18.1 Å². The Kier molecular flexibility index (Phi) is 4.16. The van der Waals surface area contributed by atoms with Crippen LogP contribution in [0.2, 0.25) is 0 Å². The topological polar surface area (TPSA) is 83.7 Å². The highest BCUT2D eigenvalue weighted by atomic mass is 16.3. The third-order valence-corrected chi connectivity index (χ3v) is 3.58. The van der Waals surface area contributed by atoms with Gasteiger partial charge in [0.15, 0.2) is 0 Å². The fraction of sp³-hybridized carbons (Fsp3) is 0.294. The van der Waals surface area contributed by atoms with E-state index in [4.69, 9.17) is 4.42 Å². The zero-order valence-corrected chi connectivity index (χ0v) is 13.4. The lowest BCUT2D eigenvalue weighted by Gasteiger charge is -2.16. The van der Waals surface area contributed by atoms with Crippen LogP contribution in [0.4, 0.5) is 4.79 Å². The second kappa shape index (κ2) is 6.27. The highest BCUT2D eigenvalue weighted by Gasteiger charge is 2.44. The SMILES string of the molecule is CC(C)CN1C(=O)C(=O)N(Cc2coc(-c3ccccc3)n2)C1=O. The molecule has 1 aliphatic rings. The number of hydrogen-bond acceptors (Lipinski definition) is 5. The van der Waals surface area contributed by atoms with Gasteiger partial charge in [-0.3, -0.25) is 14.5 Å². The Bertz CT molecular complexity index is 782. The molecule has 0 saturated carbocycles. The van der Waals surface area contributed by atoms with E-state index in [2.05, 4.69) is 4.98 Å². The molecule has 0 unspecified atom stereocenters. The van der Waals surface area contributed by atoms with Crippen LogP contribution in [0.3, 0.4) is 0 Å². The van der Waals surface area contributed by atoms with Crippen LogP contribution in [0.1, 0.15) is 19.5 Å². The quantitative estimate of drug-likeness (QED) is 0.621. The minimum Gasteiger partial charge on any atom is -0.444 e. The Hall–Kier alpha value is -2.96. The van der Waals surface area contributed by atoms with Gasteiger partial charge in [0.1, 0.15) is 6.26 Å². The van der Waals surface area contributed by atoms with Gasteiger partial charge in [-0.2, -0.15) is 0 Å². The molecule has 0 radical (unpaired) electrons. The summed E-state index contributed by atoms with van der Waals surface area (Å²) in [5, 5.41) is 0. The third kappa shape index (κ3) is 2.92. The fourth-order valence-corrected chi connectivity index (χ4v) is 2.47. The predicted octanol–water partition coefficient (Wildman–Crippen LogP) is 2.29. The third-order valence-electron chi connectivity index (χ3n) is 3.58. The van der Waals surface area contributed by atoms with E-state index in [-0.39, 0.29) is 19.0 Å². The van der Waals surface area contributed by atoms with Gasteiger partial charge in [-0.25, -0.2) is 14.7 Å². The van der Waals surface area contributed by atoms with Crippen molar-refractivity contribution in [2.45, 2.75) is 20.4 Å². The first-order valence-corrected chi connectivity index (χ1v) is 7.64. The maximum absolute atomic E-state index is 12.3. The molecule has 24 heavy (non-hydrogen) atoms. The van der Waals surface area contributed by atoms with Crippen LogP contribution in [0.5, 0.6) is 0 Å². The number of imide groups is 2. The minimum atomic E-state index is -0.829. The molecule has 4 amide bonds. The summed E-state index contributed by atoms with van der Waals surface area (Å²) in [6, 6.07) is 8.67. The monoisotopic (exact) mass is 327 g/mol. The number of carbonyl (C=O) groups excluding carboxylic acids is 3. The van der Waals surface area contributed by atoms with Crippen molar-refractivity contribution in [3.05, 3.63) is 42.3 Å². The molecule has 2 aromatic rings. The first-order chi connectivity index (χ1) is 11.5. The molecule has 0 spiro atoms. The lowest BCUT2D eigenvalue weighted by molar-refractivity contribution is -0.143. The summed E-state index contributed by atoms with van der Waals surface area (Å²) >= 11 is 0. The number of carbonyl (C=O) groups is 3. The molecule has 1 aromatic heterocycles. The Morgan fingerprint density at radius 1 is 1.04 bits per heavy atom. The van der Waals surface area contributed by atoms with Crippen LogP contribution in [0.15, 0.2) is 41.0 Å². The van der Waals surface area contributed by atoms with E-state index >= 15 is 0 Å². The summed E-state index contributed by atoms with van der Waals surface area (Å²) in [4.78, 5) is 42.4. The van der Waals surface area contributed by atoms with E-state index < -0.39 is 17.8 Å². The van der Waals surface area contributed by atoms with Crippen LogP contribution in [0, 0.1) is 5.92 Å². The maximum Gasteiger partial charge on any atom is 0.334 e. The molecular formula is C17H17N3O4. The molecule has 7 heteroatoms. The number of rotatable bonds is 5. The number of nitrogens with zero attached hydrogens (tertiary/aromatic N) is 3. The first-order valence-electron chi connectivity index (χ1n) is 7.64. The second-order valence-electron chi connectivity index (χ2n) is 5.99. The van der Waals surface area contributed by atoms with Crippen molar-refractivity contribution in [1.29, 1.82) is 0 Å². The highest BCUT2D eigenvalue weighted by molar-refractivity contribution is 6.44. The van der Waals surface area contributed by atoms with Crippen LogP contribution >= 0.6 is 0 Å². The number of amides is 4. The highest BCUT2D eigenvalue weighted by Crippen LogP contribution is 2.21. The smallest absolute Gasteiger partial charge is 0.334 e. The standard InChI is InChI=1S/C17H17N3O4/c1-11(2)8-19-15(21)16(22)20(17(19)23)9-13-10-24-14(18-13)12-6-4-3-5-7-12/h3-7,10-11H,8-9H2,1-2H3. The minimum absolute atomic E-state index is 0.0855. The number of oxazole rings is 1. The molecule has 124 valence electrons. The Labute approximate surface area is 138 Å². The van der Waals surface area contributed by atoms with Crippen molar-refractivity contribution in [2.75, 3.05) is 6.54 Å². The second-order valence-corrected chi connectivity index (χ2v) is 5.99. The summed E-state index contributed by atoms with van der Waals surface area (Å²) in [6.07, 6.45) is 1.39. The summed E-state index contributed by atoms with van der Waals surface area (Å²) < 4.78 is 5.39. The molecule has 0 atom stereocenters. The van der Waals surface area contributed by atoms with Crippen molar-refractivity contribution in [3.63, 3.8) is 0 Å². The molecule has 7 nitrogen and oxygen atoms in total. The molecule has 0 N–H and O–H groups in total. The molecule has 1 saturated heterocycles. The average molecular weight is 327 g/mol. The molecule has 0 bridgehead atoms. The van der Waals surface area contributed by atoms with Crippen LogP contribution in [0.25, 0.3) is 11.5 Å². The summed E-state index contributed by atoms with van der Waals surface area (Å²) in [5.74, 6) is -1.14. The van der Waals surface area contributed by atoms with Gasteiger partial charge in [-0.1, -0.05) is 32.0 Å². The van der Waals surface area contributed by atoms with Crippen molar-refractivity contribution in [2.24, 2.45) is 5.92 Å². The van der Waals surface area contributed by atoms with E-state index in [1.807, 2.05) is 44.2 Å². The van der Waals surface area contributed by atoms with Crippen LogP contribution in [-0.4, -0.2) is 39.2 Å². The predicted molar refractivity (Wildman–Crippen MR) is 84.4 cm³/mol. The lowest BCUT2D eigenvalue weighted by atomic mass is 10.2. The first kappa shape index (κ1) is 15.9. The lowest BCUT2D eigenvalue weighted by Crippen LogP contribution is -2.35. The van der Waals surface area contributed by atoms with Crippen molar-refractivity contribution in [3.8, 4) is 11.5 Å². The zero-order valence-electron chi connectivity index (χ0n) is 13.4. The van der Waals surface area contributed by atoms with Gasteiger partial charge in [0.25, 0.3) is 0 Å². The van der Waals surface area contributed by atoms with E-state index in [9.17, 15) is 14.4 Å². The van der Waals surface area contributed by atoms with Crippen LogP contribution in [-0.2, 0) is 16.1 Å². The number of hydrogen-bond donors (Lipinski definition) is 0. The Balaban J connectivity index is 1.77. The van der Waals surface area contributed by atoms with Crippen LogP contribution < -0.4 is 0 Å². The van der Waals surface area contributed by atoms with Gasteiger partial charge >= 0.3 is 17.8 Å². The average Bonchev–Trinajstić information content (AvgIpc) is 3.11. The largest absolute Gasteiger partial charge is 0.444 e. The molecule has 3 rings (SSSR count). The molecule has 0 aliphatic carbocycles. The fourth-order valence-electron chi connectivity index (χ4n) is 2.47. The zero-order chi connectivity index (χ0) is 17.3. The number of urea groups is 1. The van der Waals surface area contributed by atoms with Crippen molar-refractivity contribution >= 4 is 17.8 Å². The molecule has 1 fully saturated rings. The van der Waals surface area contributed by atoms with Gasteiger partial charge in [-0.15, -0.1) is 0 Å². The summed E-state index contributed by atoms with van der Waals surface area (Å²) in [7, 11) is 0. The van der Waals surface area contributed by atoms with E-state index in [1.54, 1.807) is 0 Å². The summed E-state index contributed by atoms with van der Waals surface area (Å²) in [5.41, 5.74) is 1.20. The molecular weight excluding hydrogens is 310 g/mol. The van der Waals surface area contributed by atoms with Crippen molar-refractivity contribution in [1.82, 2.24) is 14.8 Å². The molecule has 1 aliphatic heterocycles. The van der Waals surface area contributed by atoms with E-state index in [0.29, 0.717) is 11.6 Å². The van der Waals surface area contributed by atoms with Crippen molar-refractivity contribution < 1.29 is 18.8 Å². The van der Waals surface area contributed by atoms with Gasteiger partial charge < -0.3 is 4.42 Å². The van der Waals surface area contributed by atoms with E-state index in [0.717, 1.165) is 15.4 Å². The van der Waals surface area contributed by atoms with Gasteiger partial charge in [0, 0.05) is 12.1 Å². The molecule has 1 aromatic carbocycles. The number of benzene rings is 1. The van der Waals surface area contributed by atoms with Gasteiger partial charge in [0.05, 0.1) is 12.2 Å². The van der Waals surface area contributed by atoms with Gasteiger partial charge in [0.2, 0.25) is 5.89 Å². The maximum atomic E-state index is 12.3. The summed E-state index contributed by atoms with van der Waals surface area (Å²) in [6.45, 7) is 3.87.